The van der Waals surface area contributed by atoms with E-state index in [2.05, 4.69) is 37.7 Å². The Labute approximate surface area is 75.6 Å². The Hall–Kier alpha value is -0.500. The summed E-state index contributed by atoms with van der Waals surface area (Å²) in [5.74, 6) is 0. The Morgan fingerprint density at radius 2 is 2.08 bits per heavy atom. The SMILES string of the molecule is C=C1N(C)CCNCCC1(C)C. The lowest BCUT2D eigenvalue weighted by Gasteiger charge is -2.36. The number of nitrogens with one attached hydrogen (secondary N) is 1. The van der Waals surface area contributed by atoms with Crippen molar-refractivity contribution in [1.29, 1.82) is 0 Å². The van der Waals surface area contributed by atoms with Gasteiger partial charge >= 0.3 is 0 Å². The van der Waals surface area contributed by atoms with Gasteiger partial charge in [0.05, 0.1) is 0 Å². The van der Waals surface area contributed by atoms with Crippen LogP contribution in [0, 0.1) is 5.41 Å². The van der Waals surface area contributed by atoms with E-state index in [1.54, 1.807) is 0 Å². The minimum Gasteiger partial charge on any atom is -0.377 e. The maximum Gasteiger partial charge on any atom is 0.0297 e. The first kappa shape index (κ1) is 9.59. The highest BCUT2D eigenvalue weighted by Crippen LogP contribution is 2.30. The van der Waals surface area contributed by atoms with Gasteiger partial charge in [-0.1, -0.05) is 20.4 Å². The molecule has 0 aromatic carbocycles. The molecule has 1 aliphatic rings. The first-order valence-electron chi connectivity index (χ1n) is 4.65. The number of likely N-dealkylation sites (N-methyl/N-ethyl adjacent to an activating group) is 1. The molecule has 1 rings (SSSR count). The molecule has 0 spiro atoms. The van der Waals surface area contributed by atoms with Crippen LogP contribution in [-0.2, 0) is 0 Å². The van der Waals surface area contributed by atoms with Gasteiger partial charge in [-0.05, 0) is 13.0 Å². The Morgan fingerprint density at radius 1 is 1.42 bits per heavy atom. The largest absolute Gasteiger partial charge is 0.377 e. The normalized spacial score (nSPS) is 24.9. The van der Waals surface area contributed by atoms with Gasteiger partial charge in [0.25, 0.3) is 0 Å². The zero-order valence-corrected chi connectivity index (χ0v) is 8.48. The van der Waals surface area contributed by atoms with Crippen molar-refractivity contribution in [3.63, 3.8) is 0 Å². The molecule has 2 heteroatoms. The van der Waals surface area contributed by atoms with E-state index in [0.717, 1.165) is 19.6 Å². The molecule has 0 saturated carbocycles. The van der Waals surface area contributed by atoms with E-state index in [1.165, 1.54) is 12.1 Å². The fourth-order valence-electron chi connectivity index (χ4n) is 1.57. The van der Waals surface area contributed by atoms with Crippen LogP contribution in [0.25, 0.3) is 0 Å². The van der Waals surface area contributed by atoms with Gasteiger partial charge in [-0.2, -0.15) is 0 Å². The van der Waals surface area contributed by atoms with Crippen molar-refractivity contribution < 1.29 is 0 Å². The van der Waals surface area contributed by atoms with Gasteiger partial charge in [-0.3, -0.25) is 0 Å². The highest BCUT2D eigenvalue weighted by Gasteiger charge is 2.25. The third kappa shape index (κ3) is 2.01. The summed E-state index contributed by atoms with van der Waals surface area (Å²) in [6.07, 6.45) is 1.18. The van der Waals surface area contributed by atoms with Gasteiger partial charge in [-0.25, -0.2) is 0 Å². The summed E-state index contributed by atoms with van der Waals surface area (Å²) in [5, 5.41) is 3.41. The summed E-state index contributed by atoms with van der Waals surface area (Å²) in [5.41, 5.74) is 1.52. The zero-order chi connectivity index (χ0) is 9.19. The van der Waals surface area contributed by atoms with E-state index >= 15 is 0 Å². The Bertz CT molecular complexity index is 173. The van der Waals surface area contributed by atoms with Gasteiger partial charge in [0.15, 0.2) is 0 Å². The first-order chi connectivity index (χ1) is 5.54. The molecule has 1 N–H and O–H groups in total. The van der Waals surface area contributed by atoms with Crippen molar-refractivity contribution in [1.82, 2.24) is 10.2 Å². The molecule has 1 heterocycles. The molecule has 1 saturated heterocycles. The summed E-state index contributed by atoms with van der Waals surface area (Å²) in [7, 11) is 2.12. The van der Waals surface area contributed by atoms with Crippen molar-refractivity contribution in [3.05, 3.63) is 12.3 Å². The molecule has 0 amide bonds. The predicted molar refractivity (Wildman–Crippen MR) is 53.0 cm³/mol. The molecule has 0 aromatic rings. The van der Waals surface area contributed by atoms with Gasteiger partial charge < -0.3 is 10.2 Å². The standard InChI is InChI=1S/C10H20N2/c1-9-10(2,3)5-6-11-7-8-12(9)4/h11H,1,5-8H2,2-4H3. The summed E-state index contributed by atoms with van der Waals surface area (Å²) in [4.78, 5) is 2.26. The molecule has 0 unspecified atom stereocenters. The van der Waals surface area contributed by atoms with Crippen LogP contribution in [0.3, 0.4) is 0 Å². The van der Waals surface area contributed by atoms with Crippen LogP contribution in [-0.4, -0.2) is 31.6 Å². The molecule has 0 atom stereocenters. The molecule has 2 nitrogen and oxygen atoms in total. The van der Waals surface area contributed by atoms with Gasteiger partial charge in [-0.15, -0.1) is 0 Å². The van der Waals surface area contributed by atoms with Gasteiger partial charge in [0.1, 0.15) is 0 Å². The Kier molecular flexibility index (Phi) is 2.78. The van der Waals surface area contributed by atoms with E-state index in [9.17, 15) is 0 Å². The number of hydrogen-bond donors (Lipinski definition) is 1. The fourth-order valence-corrected chi connectivity index (χ4v) is 1.57. The van der Waals surface area contributed by atoms with Crippen LogP contribution < -0.4 is 5.32 Å². The van der Waals surface area contributed by atoms with E-state index in [4.69, 9.17) is 0 Å². The van der Waals surface area contributed by atoms with E-state index in [1.807, 2.05) is 0 Å². The van der Waals surface area contributed by atoms with Crippen LogP contribution in [0.2, 0.25) is 0 Å². The molecular formula is C10H20N2. The van der Waals surface area contributed by atoms with E-state index < -0.39 is 0 Å². The summed E-state index contributed by atoms with van der Waals surface area (Å²) in [6, 6.07) is 0. The molecule has 1 aliphatic heterocycles. The molecule has 0 bridgehead atoms. The lowest BCUT2D eigenvalue weighted by molar-refractivity contribution is 0.254. The topological polar surface area (TPSA) is 15.3 Å². The van der Waals surface area contributed by atoms with Crippen molar-refractivity contribution in [3.8, 4) is 0 Å². The smallest absolute Gasteiger partial charge is 0.0297 e. The number of hydrogen-bond acceptors (Lipinski definition) is 2. The number of nitrogens with zero attached hydrogens (tertiary/aromatic N) is 1. The monoisotopic (exact) mass is 168 g/mol. The Morgan fingerprint density at radius 3 is 2.75 bits per heavy atom. The molecule has 1 fully saturated rings. The summed E-state index contributed by atoms with van der Waals surface area (Å²) >= 11 is 0. The highest BCUT2D eigenvalue weighted by molar-refractivity contribution is 5.06. The molecule has 12 heavy (non-hydrogen) atoms. The lowest BCUT2D eigenvalue weighted by atomic mass is 9.85. The molecular weight excluding hydrogens is 148 g/mol. The van der Waals surface area contributed by atoms with Crippen LogP contribution in [0.4, 0.5) is 0 Å². The minimum absolute atomic E-state index is 0.252. The predicted octanol–water partition coefficient (Wildman–Crippen LogP) is 1.45. The van der Waals surface area contributed by atoms with E-state index in [-0.39, 0.29) is 5.41 Å². The average molecular weight is 168 g/mol. The summed E-state index contributed by atoms with van der Waals surface area (Å²) < 4.78 is 0. The maximum absolute atomic E-state index is 4.15. The van der Waals surface area contributed by atoms with Crippen molar-refractivity contribution in [2.45, 2.75) is 20.3 Å². The van der Waals surface area contributed by atoms with Crippen LogP contribution in [0.15, 0.2) is 12.3 Å². The van der Waals surface area contributed by atoms with Crippen LogP contribution in [0.5, 0.6) is 0 Å². The van der Waals surface area contributed by atoms with Crippen LogP contribution >= 0.6 is 0 Å². The third-order valence-electron chi connectivity index (χ3n) is 2.79. The second-order valence-electron chi connectivity index (χ2n) is 4.25. The number of rotatable bonds is 0. The second-order valence-corrected chi connectivity index (χ2v) is 4.25. The molecule has 0 aliphatic carbocycles. The third-order valence-corrected chi connectivity index (χ3v) is 2.79. The van der Waals surface area contributed by atoms with Crippen molar-refractivity contribution in [2.75, 3.05) is 26.7 Å². The Balaban J connectivity index is 2.67. The summed E-state index contributed by atoms with van der Waals surface area (Å²) in [6.45, 7) is 11.9. The highest BCUT2D eigenvalue weighted by atomic mass is 15.1. The van der Waals surface area contributed by atoms with Gasteiger partial charge in [0, 0.05) is 31.2 Å². The molecule has 0 radical (unpaired) electrons. The fraction of sp³-hybridized carbons (Fsp3) is 0.800. The lowest BCUT2D eigenvalue weighted by Crippen LogP contribution is -2.39. The minimum atomic E-state index is 0.252. The zero-order valence-electron chi connectivity index (χ0n) is 8.48. The van der Waals surface area contributed by atoms with Crippen molar-refractivity contribution in [2.24, 2.45) is 5.41 Å². The number of allylic oxidation sites excluding steroid dienone is 1. The first-order valence-corrected chi connectivity index (χ1v) is 4.65. The van der Waals surface area contributed by atoms with Crippen LogP contribution in [0.1, 0.15) is 20.3 Å². The quantitative estimate of drug-likeness (QED) is 0.589. The van der Waals surface area contributed by atoms with E-state index in [0.29, 0.717) is 0 Å². The molecule has 70 valence electrons. The maximum atomic E-state index is 4.15. The van der Waals surface area contributed by atoms with Gasteiger partial charge in [0.2, 0.25) is 0 Å². The second kappa shape index (κ2) is 3.48. The average Bonchev–Trinajstić information content (AvgIpc) is 2.00. The van der Waals surface area contributed by atoms with Crippen molar-refractivity contribution >= 4 is 0 Å². The molecule has 0 aromatic heterocycles.